The van der Waals surface area contributed by atoms with Crippen molar-refractivity contribution in [3.05, 3.63) is 41.2 Å². The van der Waals surface area contributed by atoms with Gasteiger partial charge in [-0.25, -0.2) is 4.79 Å². The van der Waals surface area contributed by atoms with Crippen LogP contribution in [0, 0.1) is 0 Å². The van der Waals surface area contributed by atoms with Crippen molar-refractivity contribution >= 4 is 23.0 Å². The van der Waals surface area contributed by atoms with E-state index in [2.05, 4.69) is 0 Å². The lowest BCUT2D eigenvalue weighted by Crippen LogP contribution is -2.05. The van der Waals surface area contributed by atoms with Crippen molar-refractivity contribution in [2.24, 2.45) is 0 Å². The van der Waals surface area contributed by atoms with Gasteiger partial charge in [-0.3, -0.25) is 0 Å². The Balaban J connectivity index is 2.62. The summed E-state index contributed by atoms with van der Waals surface area (Å²) in [6.07, 6.45) is -0.504. The maximum Gasteiger partial charge on any atom is 0.420 e. The van der Waals surface area contributed by atoms with Crippen LogP contribution in [-0.2, 0) is 10.9 Å². The van der Waals surface area contributed by atoms with Gasteiger partial charge in [0.25, 0.3) is 0 Å². The van der Waals surface area contributed by atoms with Gasteiger partial charge in [-0.05, 0) is 37.1 Å². The van der Waals surface area contributed by atoms with Crippen LogP contribution in [0.5, 0.6) is 0 Å². The lowest BCUT2D eigenvalue weighted by molar-refractivity contribution is -0.136. The van der Waals surface area contributed by atoms with E-state index in [1.165, 1.54) is 6.07 Å². The summed E-state index contributed by atoms with van der Waals surface area (Å²) >= 11 is 0. The van der Waals surface area contributed by atoms with E-state index in [-0.39, 0.29) is 23.3 Å². The van der Waals surface area contributed by atoms with Gasteiger partial charge in [0.15, 0.2) is 0 Å². The molecular weight excluding hydrogens is 297 g/mol. The van der Waals surface area contributed by atoms with Gasteiger partial charge < -0.3 is 9.15 Å². The van der Waals surface area contributed by atoms with E-state index in [0.29, 0.717) is 12.0 Å². The summed E-state index contributed by atoms with van der Waals surface area (Å²) in [5.41, 5.74) is -0.863. The number of fused-ring (bicyclic) bond motifs is 1. The molecule has 0 aliphatic heterocycles. The summed E-state index contributed by atoms with van der Waals surface area (Å²) in [5, 5.41) is 0.216. The molecule has 0 amide bonds. The monoisotopic (exact) mass is 312 g/mol. The Morgan fingerprint density at radius 1 is 1.27 bits per heavy atom. The molecule has 0 aliphatic carbocycles. The fraction of sp³-hybridized carbons (Fsp3) is 0.312. The maximum atomic E-state index is 13.2. The van der Waals surface area contributed by atoms with Crippen molar-refractivity contribution < 1.29 is 27.1 Å². The molecule has 2 aromatic rings. The fourth-order valence-corrected chi connectivity index (χ4v) is 2.04. The van der Waals surface area contributed by atoms with Crippen molar-refractivity contribution in [2.75, 3.05) is 6.61 Å². The molecule has 0 saturated carbocycles. The molecule has 3 nitrogen and oxygen atoms in total. The summed E-state index contributed by atoms with van der Waals surface area (Å²) in [6.45, 7) is 3.61. The van der Waals surface area contributed by atoms with Crippen LogP contribution < -0.4 is 0 Å². The van der Waals surface area contributed by atoms with Crippen LogP contribution in [-0.4, -0.2) is 12.6 Å². The van der Waals surface area contributed by atoms with E-state index in [0.717, 1.165) is 6.07 Å². The van der Waals surface area contributed by atoms with Gasteiger partial charge in [0.1, 0.15) is 5.58 Å². The van der Waals surface area contributed by atoms with Crippen LogP contribution in [0.15, 0.2) is 28.7 Å². The second kappa shape index (κ2) is 6.25. The number of benzene rings is 1. The molecule has 0 fully saturated rings. The van der Waals surface area contributed by atoms with E-state index in [9.17, 15) is 18.0 Å². The zero-order valence-corrected chi connectivity index (χ0v) is 12.2. The molecular formula is C16H15F3O3. The Hall–Kier alpha value is -2.24. The Labute approximate surface area is 125 Å². The zero-order valence-electron chi connectivity index (χ0n) is 12.2. The highest BCUT2D eigenvalue weighted by Gasteiger charge is 2.35. The number of rotatable bonds is 4. The van der Waals surface area contributed by atoms with E-state index < -0.39 is 17.7 Å². The van der Waals surface area contributed by atoms with Crippen LogP contribution in [0.1, 0.15) is 41.9 Å². The number of hydrogen-bond donors (Lipinski definition) is 0. The highest BCUT2D eigenvalue weighted by molar-refractivity contribution is 5.94. The van der Waals surface area contributed by atoms with E-state index in [1.54, 1.807) is 25.1 Å². The van der Waals surface area contributed by atoms with Crippen LogP contribution in [0.3, 0.4) is 0 Å². The van der Waals surface area contributed by atoms with Gasteiger partial charge in [-0.15, -0.1) is 0 Å². The topological polar surface area (TPSA) is 39.4 Å². The highest BCUT2D eigenvalue weighted by atomic mass is 19.4. The van der Waals surface area contributed by atoms with Crippen molar-refractivity contribution in [2.45, 2.75) is 26.4 Å². The van der Waals surface area contributed by atoms with Crippen molar-refractivity contribution in [3.63, 3.8) is 0 Å². The van der Waals surface area contributed by atoms with Gasteiger partial charge in [0.05, 0.1) is 12.2 Å². The number of halogens is 3. The zero-order chi connectivity index (χ0) is 16.3. The lowest BCUT2D eigenvalue weighted by atomic mass is 10.1. The molecule has 0 unspecified atom stereocenters. The Kier molecular flexibility index (Phi) is 4.59. The summed E-state index contributed by atoms with van der Waals surface area (Å²) < 4.78 is 49.4. The standard InChI is InChI=1S/C16H15F3O3/c1-3-5-6-10-7-11-9-13(15(20)21-4-2)22-14(11)12(8-10)16(17,18)19/h5-9H,3-4H2,1-2H3/b6-5+. The number of esters is 1. The first kappa shape index (κ1) is 16.1. The first-order valence-corrected chi connectivity index (χ1v) is 6.85. The molecule has 0 saturated heterocycles. The molecule has 22 heavy (non-hydrogen) atoms. The second-order valence-electron chi connectivity index (χ2n) is 4.63. The maximum absolute atomic E-state index is 13.2. The second-order valence-corrected chi connectivity index (χ2v) is 4.63. The molecule has 0 aliphatic rings. The number of hydrogen-bond acceptors (Lipinski definition) is 3. The first-order chi connectivity index (χ1) is 10.4. The van der Waals surface area contributed by atoms with Gasteiger partial charge in [0, 0.05) is 5.39 Å². The smallest absolute Gasteiger partial charge is 0.420 e. The molecule has 0 N–H and O–H groups in total. The molecule has 0 spiro atoms. The molecule has 0 radical (unpaired) electrons. The van der Waals surface area contributed by atoms with E-state index >= 15 is 0 Å². The predicted octanol–water partition coefficient (Wildman–Crippen LogP) is 5.05. The normalized spacial score (nSPS) is 12.2. The number of ether oxygens (including phenoxy) is 1. The largest absolute Gasteiger partial charge is 0.460 e. The van der Waals surface area contributed by atoms with Crippen LogP contribution in [0.2, 0.25) is 0 Å². The third-order valence-corrected chi connectivity index (χ3v) is 2.97. The Morgan fingerprint density at radius 3 is 2.59 bits per heavy atom. The van der Waals surface area contributed by atoms with Crippen molar-refractivity contribution in [1.29, 1.82) is 0 Å². The average molecular weight is 312 g/mol. The summed E-state index contributed by atoms with van der Waals surface area (Å²) in [5.74, 6) is -1.02. The Bertz CT molecular complexity index is 711. The summed E-state index contributed by atoms with van der Waals surface area (Å²) in [7, 11) is 0. The first-order valence-electron chi connectivity index (χ1n) is 6.85. The Morgan fingerprint density at radius 2 is 2.00 bits per heavy atom. The minimum atomic E-state index is -4.57. The van der Waals surface area contributed by atoms with Gasteiger partial charge in [-0.2, -0.15) is 13.2 Å². The third kappa shape index (κ3) is 3.32. The van der Waals surface area contributed by atoms with Gasteiger partial charge >= 0.3 is 12.1 Å². The molecule has 2 rings (SSSR count). The van der Waals surface area contributed by atoms with Crippen molar-refractivity contribution in [1.82, 2.24) is 0 Å². The quantitative estimate of drug-likeness (QED) is 0.741. The van der Waals surface area contributed by atoms with Gasteiger partial charge in [0.2, 0.25) is 5.76 Å². The number of carbonyl (C=O) groups excluding carboxylic acids is 1. The molecule has 6 heteroatoms. The SMILES string of the molecule is CC/C=C/c1cc(C(F)(F)F)c2oc(C(=O)OCC)cc2c1. The van der Waals surface area contributed by atoms with Crippen LogP contribution >= 0.6 is 0 Å². The molecule has 0 bridgehead atoms. The average Bonchev–Trinajstić information content (AvgIpc) is 2.87. The van der Waals surface area contributed by atoms with Crippen molar-refractivity contribution in [3.8, 4) is 0 Å². The number of allylic oxidation sites excluding steroid dienone is 1. The number of carbonyl (C=O) groups is 1. The van der Waals surface area contributed by atoms with Crippen LogP contribution in [0.4, 0.5) is 13.2 Å². The molecule has 0 atom stereocenters. The van der Waals surface area contributed by atoms with E-state index in [1.807, 2.05) is 6.92 Å². The summed E-state index contributed by atoms with van der Waals surface area (Å²) in [6, 6.07) is 3.82. The number of alkyl halides is 3. The molecule has 1 aromatic carbocycles. The van der Waals surface area contributed by atoms with E-state index in [4.69, 9.17) is 9.15 Å². The summed E-state index contributed by atoms with van der Waals surface area (Å²) in [4.78, 5) is 11.6. The minimum Gasteiger partial charge on any atom is -0.460 e. The minimum absolute atomic E-state index is 0.118. The molecule has 1 aromatic heterocycles. The predicted molar refractivity (Wildman–Crippen MR) is 76.5 cm³/mol. The van der Waals surface area contributed by atoms with Gasteiger partial charge in [-0.1, -0.05) is 19.1 Å². The lowest BCUT2D eigenvalue weighted by Gasteiger charge is -2.08. The third-order valence-electron chi connectivity index (χ3n) is 2.97. The molecule has 118 valence electrons. The highest BCUT2D eigenvalue weighted by Crippen LogP contribution is 2.37. The van der Waals surface area contributed by atoms with Crippen LogP contribution in [0.25, 0.3) is 17.0 Å². The number of furan rings is 1. The fourth-order valence-electron chi connectivity index (χ4n) is 2.04. The molecule has 1 heterocycles.